The fourth-order valence-electron chi connectivity index (χ4n) is 3.93. The molecule has 0 bridgehead atoms. The number of hydrogen-bond acceptors (Lipinski definition) is 11. The van der Waals surface area contributed by atoms with Gasteiger partial charge in [-0.25, -0.2) is 4.57 Å². The third-order valence-electron chi connectivity index (χ3n) is 6.10. The number of aliphatic hydroxyl groups is 1. The van der Waals surface area contributed by atoms with E-state index in [0.29, 0.717) is 33.0 Å². The van der Waals surface area contributed by atoms with Gasteiger partial charge >= 0.3 is 64.4 Å². The Labute approximate surface area is 352 Å². The average molecular weight is 844 g/mol. The summed E-state index contributed by atoms with van der Waals surface area (Å²) in [6, 6.07) is 8.44. The molecule has 2 unspecified atom stereocenters. The fraction of sp³-hybridized carbons (Fsp3) is 0.733. The monoisotopic (exact) mass is 842 g/mol. The topological polar surface area (TPSA) is 203 Å². The fourth-order valence-corrected chi connectivity index (χ4v) is 4.25. The van der Waals surface area contributed by atoms with Crippen LogP contribution in [0.4, 0.5) is 0 Å². The van der Waals surface area contributed by atoms with E-state index in [1.807, 2.05) is 0 Å². The zero-order valence-electron chi connectivity index (χ0n) is 28.6. The van der Waals surface area contributed by atoms with Gasteiger partial charge in [-0.15, -0.1) is 23.8 Å². The van der Waals surface area contributed by atoms with Gasteiger partial charge in [0.25, 0.3) is 0 Å². The molecular formula is C30H52Cl3KO14P2. The van der Waals surface area contributed by atoms with E-state index in [1.54, 1.807) is 0 Å². The van der Waals surface area contributed by atoms with Crippen molar-refractivity contribution in [3.63, 3.8) is 0 Å². The summed E-state index contributed by atoms with van der Waals surface area (Å²) in [6.07, 6.45) is 14.0. The van der Waals surface area contributed by atoms with Crippen LogP contribution in [0.3, 0.4) is 0 Å². The first-order valence-electron chi connectivity index (χ1n) is 15.8. The van der Waals surface area contributed by atoms with Gasteiger partial charge in [0.1, 0.15) is 0 Å². The van der Waals surface area contributed by atoms with Crippen molar-refractivity contribution in [3.8, 4) is 0 Å². The van der Waals surface area contributed by atoms with E-state index in [2.05, 4.69) is 79.4 Å². The molecule has 5 N–H and O–H groups in total. The van der Waals surface area contributed by atoms with Crippen molar-refractivity contribution in [1.82, 2.24) is 0 Å². The first-order chi connectivity index (χ1) is 23.0. The summed E-state index contributed by atoms with van der Waals surface area (Å²) in [5.41, 5.74) is 2.71. The number of rotatable bonds is 14. The predicted octanol–water partition coefficient (Wildman–Crippen LogP) is 2.54. The molecule has 0 saturated carbocycles. The van der Waals surface area contributed by atoms with Crippen molar-refractivity contribution >= 4 is 46.7 Å². The molecule has 288 valence electrons. The number of phosphoric acid groups is 1. The Bertz CT molecular complexity index is 1030. The Balaban J connectivity index is 0. The summed E-state index contributed by atoms with van der Waals surface area (Å²) >= 11 is 13.8. The second-order valence-corrected chi connectivity index (χ2v) is 18.0. The van der Waals surface area contributed by atoms with Crippen LogP contribution in [-0.4, -0.2) is 112 Å². The molecule has 1 aromatic carbocycles. The van der Waals surface area contributed by atoms with Crippen LogP contribution in [0.25, 0.3) is 0 Å². The molecule has 14 nitrogen and oxygen atoms in total. The maximum atomic E-state index is 10.3. The third kappa shape index (κ3) is 39.1. The van der Waals surface area contributed by atoms with Crippen LogP contribution in [0.2, 0.25) is 0 Å². The van der Waals surface area contributed by atoms with Gasteiger partial charge in [-0.3, -0.25) is 9.09 Å². The summed E-state index contributed by atoms with van der Waals surface area (Å²) in [5, 5.41) is 5.19. The summed E-state index contributed by atoms with van der Waals surface area (Å²) in [6.45, 7) is 5.67. The number of aliphatic hydroxyl groups excluding tert-OH is 1. The molecule has 0 amide bonds. The predicted molar refractivity (Wildman–Crippen MR) is 187 cm³/mol. The van der Waals surface area contributed by atoms with E-state index in [-0.39, 0.29) is 89.3 Å². The van der Waals surface area contributed by atoms with E-state index in [4.69, 9.17) is 43.3 Å². The van der Waals surface area contributed by atoms with Crippen molar-refractivity contribution in [2.75, 3.05) is 79.3 Å². The molecular weight excluding hydrogens is 792 g/mol. The first-order valence-corrected chi connectivity index (χ1v) is 21.8. The minimum absolute atomic E-state index is 0. The van der Waals surface area contributed by atoms with Crippen LogP contribution >= 0.6 is 46.7 Å². The summed E-state index contributed by atoms with van der Waals surface area (Å²) < 4.78 is 60.2. The maximum Gasteiger partial charge on any atom is 1.00 e. The zero-order chi connectivity index (χ0) is 35.4. The number of allylic oxidation sites excluding steroid dienone is 1. The molecule has 1 aromatic rings. The number of hydrogen-bond donors (Lipinski definition) is 3. The molecule has 2 atom stereocenters. The number of fused-ring (bicyclic) bond motifs is 1. The Hall–Kier alpha value is 1.45. The van der Waals surface area contributed by atoms with Crippen molar-refractivity contribution in [3.05, 3.63) is 47.5 Å². The molecule has 50 heavy (non-hydrogen) atoms. The summed E-state index contributed by atoms with van der Waals surface area (Å²) in [7, 11) is -4.39. The van der Waals surface area contributed by atoms with Crippen LogP contribution in [0.1, 0.15) is 56.1 Å². The number of epoxide rings is 1. The molecule has 5 rings (SSSR count). The number of aryl methyl sites for hydroxylation is 1. The number of ether oxygens (including phenoxy) is 7. The van der Waals surface area contributed by atoms with Gasteiger partial charge in [-0.05, 0) is 72.2 Å². The third-order valence-corrected chi connectivity index (χ3v) is 6.62. The average Bonchev–Trinajstić information content (AvgIpc) is 3.95. The van der Waals surface area contributed by atoms with Gasteiger partial charge < -0.3 is 53.5 Å². The minimum Gasteiger partial charge on any atom is -0.412 e. The van der Waals surface area contributed by atoms with Gasteiger partial charge in [0, 0.05) is 13.2 Å². The molecule has 0 spiro atoms. The van der Waals surface area contributed by atoms with E-state index >= 15 is 0 Å². The number of benzene rings is 1. The van der Waals surface area contributed by atoms with Crippen LogP contribution in [-0.2, 0) is 53.2 Å². The standard InChI is InChI=1S/C11H23O8P.C10H9.C7H14O3.C2H4O.Cl3OP.K.H2O/c12-20(13,14)19-10-8-16-6-5-15-7-9-18-11-3-1-2-4-17-11;1-2-6-10-8-4-3-7-9(10)5-1;8-4-6-10-7-3-1-2-5-9-7;1-2-3-1;1-5(2,3)4;;/h11H,1-10H2,(H2,12,13,14);1-3,5-6H,4,8H2;7-8H,1-6H2;1-2H2;;;1H2/q;-1;;;;+1;. The number of phosphoric ester groups is 1. The van der Waals surface area contributed by atoms with E-state index < -0.39 is 13.0 Å². The Kier molecular flexibility index (Phi) is 37.4. The molecule has 3 heterocycles. The van der Waals surface area contributed by atoms with E-state index in [9.17, 15) is 9.13 Å². The van der Waals surface area contributed by atoms with Crippen molar-refractivity contribution < 1.29 is 119 Å². The van der Waals surface area contributed by atoms with Crippen LogP contribution in [0.5, 0.6) is 0 Å². The molecule has 3 aliphatic heterocycles. The van der Waals surface area contributed by atoms with E-state index in [0.717, 1.165) is 65.0 Å². The van der Waals surface area contributed by atoms with Gasteiger partial charge in [-0.2, -0.15) is 17.7 Å². The number of halogens is 3. The van der Waals surface area contributed by atoms with E-state index in [1.165, 1.54) is 24.0 Å². The molecule has 0 aromatic heterocycles. The molecule has 0 radical (unpaired) electrons. The molecule has 1 aliphatic carbocycles. The van der Waals surface area contributed by atoms with Gasteiger partial charge in [0.2, 0.25) is 0 Å². The molecule has 20 heteroatoms. The van der Waals surface area contributed by atoms with Gasteiger partial charge in [0.15, 0.2) is 12.6 Å². The van der Waals surface area contributed by atoms with Crippen molar-refractivity contribution in [1.29, 1.82) is 0 Å². The summed E-state index contributed by atoms with van der Waals surface area (Å²) in [5.74, 6) is 0. The SMILES string of the molecule is C1CO1.O.O=P(Cl)(Cl)Cl.O=P(O)(O)OCCOCCOCCOC1CCCCO1.OCCOC1CCCCO1.[C-]1=CCCc2ccccc21.[K+]. The Morgan fingerprint density at radius 2 is 1.28 bits per heavy atom. The Morgan fingerprint density at radius 3 is 1.74 bits per heavy atom. The van der Waals surface area contributed by atoms with Crippen LogP contribution < -0.4 is 51.4 Å². The maximum absolute atomic E-state index is 10.3. The second kappa shape index (κ2) is 34.9. The second-order valence-electron chi connectivity index (χ2n) is 10.2. The molecule has 3 fully saturated rings. The van der Waals surface area contributed by atoms with Crippen LogP contribution in [0.15, 0.2) is 30.3 Å². The van der Waals surface area contributed by atoms with Crippen LogP contribution in [0, 0.1) is 6.08 Å². The smallest absolute Gasteiger partial charge is 0.412 e. The minimum atomic E-state index is -4.39. The first kappa shape index (κ1) is 53.5. The Morgan fingerprint density at radius 1 is 0.780 bits per heavy atom. The van der Waals surface area contributed by atoms with Gasteiger partial charge in [-0.1, -0.05) is 18.9 Å². The molecule has 3 saturated heterocycles. The van der Waals surface area contributed by atoms with Gasteiger partial charge in [0.05, 0.1) is 66.1 Å². The zero-order valence-corrected chi connectivity index (χ0v) is 35.8. The van der Waals surface area contributed by atoms with Crippen molar-refractivity contribution in [2.24, 2.45) is 0 Å². The normalized spacial score (nSPS) is 19.0. The van der Waals surface area contributed by atoms with Crippen molar-refractivity contribution in [2.45, 2.75) is 63.9 Å². The summed E-state index contributed by atoms with van der Waals surface area (Å²) in [4.78, 5) is 16.8. The molecule has 4 aliphatic rings. The largest absolute Gasteiger partial charge is 1.00 e. The quantitative estimate of drug-likeness (QED) is 0.0812.